The molecule has 0 saturated carbocycles. The number of hydrogen-bond acceptors (Lipinski definition) is 3. The zero-order valence-corrected chi connectivity index (χ0v) is 14.5. The molecule has 0 unspecified atom stereocenters. The molecule has 0 amide bonds. The van der Waals surface area contributed by atoms with Crippen LogP contribution in [-0.2, 0) is 0 Å². The van der Waals surface area contributed by atoms with Crippen LogP contribution in [0.25, 0.3) is 22.9 Å². The molecule has 3 aromatic rings. The summed E-state index contributed by atoms with van der Waals surface area (Å²) in [5, 5.41) is 12.6. The highest BCUT2D eigenvalue weighted by Gasteiger charge is 2.11. The van der Waals surface area contributed by atoms with Gasteiger partial charge in [-0.05, 0) is 42.0 Å². The van der Waals surface area contributed by atoms with Crippen LogP contribution in [0.5, 0.6) is 0 Å². The number of allylic oxidation sites excluding steroid dienone is 1. The van der Waals surface area contributed by atoms with Crippen molar-refractivity contribution in [2.75, 3.05) is 0 Å². The quantitative estimate of drug-likeness (QED) is 0.502. The van der Waals surface area contributed by atoms with Crippen molar-refractivity contribution in [3.05, 3.63) is 74.3 Å². The lowest BCUT2D eigenvalue weighted by molar-refractivity contribution is 0.628. The lowest BCUT2D eigenvalue weighted by Crippen LogP contribution is -1.84. The molecule has 0 fully saturated rings. The Balaban J connectivity index is 1.98. The fraction of sp³-hybridized carbons (Fsp3) is 0. The van der Waals surface area contributed by atoms with Crippen LogP contribution in [0.2, 0.25) is 10.0 Å². The van der Waals surface area contributed by atoms with Gasteiger partial charge in [-0.1, -0.05) is 35.3 Å². The highest BCUT2D eigenvalue weighted by Crippen LogP contribution is 2.31. The molecular weight excluding hydrogens is 366 g/mol. The van der Waals surface area contributed by atoms with Crippen LogP contribution in [0.3, 0.4) is 0 Å². The summed E-state index contributed by atoms with van der Waals surface area (Å²) >= 11 is 13.5. The Morgan fingerprint density at radius 1 is 1.17 bits per heavy atom. The van der Waals surface area contributed by atoms with Gasteiger partial charge in [-0.2, -0.15) is 5.26 Å². The van der Waals surface area contributed by atoms with Crippen LogP contribution in [-0.4, -0.2) is 4.98 Å². The summed E-state index contributed by atoms with van der Waals surface area (Å²) < 4.78 is 13.0. The second kappa shape index (κ2) is 7.14. The van der Waals surface area contributed by atoms with Crippen LogP contribution in [0.15, 0.2) is 47.8 Å². The summed E-state index contributed by atoms with van der Waals surface area (Å²) in [5.41, 5.74) is 2.52. The summed E-state index contributed by atoms with van der Waals surface area (Å²) in [6.07, 6.45) is 1.65. The number of thiazole rings is 1. The van der Waals surface area contributed by atoms with Gasteiger partial charge in [0.15, 0.2) is 0 Å². The van der Waals surface area contributed by atoms with Gasteiger partial charge in [0, 0.05) is 10.9 Å². The van der Waals surface area contributed by atoms with Gasteiger partial charge >= 0.3 is 0 Å². The number of nitriles is 1. The SMILES string of the molecule is N#CC(=Cc1cccc(Cl)c1Cl)c1nc(-c2ccc(F)cc2)cs1. The van der Waals surface area contributed by atoms with Crippen molar-refractivity contribution in [3.63, 3.8) is 0 Å². The summed E-state index contributed by atoms with van der Waals surface area (Å²) in [4.78, 5) is 4.46. The lowest BCUT2D eigenvalue weighted by Gasteiger charge is -2.01. The third kappa shape index (κ3) is 3.49. The van der Waals surface area contributed by atoms with Crippen LogP contribution in [0.4, 0.5) is 4.39 Å². The Hall–Kier alpha value is -2.19. The highest BCUT2D eigenvalue weighted by atomic mass is 35.5. The largest absolute Gasteiger partial charge is 0.235 e. The minimum Gasteiger partial charge on any atom is -0.235 e. The van der Waals surface area contributed by atoms with Crippen molar-refractivity contribution in [1.29, 1.82) is 5.26 Å². The molecule has 118 valence electrons. The van der Waals surface area contributed by atoms with E-state index in [1.807, 2.05) is 5.38 Å². The van der Waals surface area contributed by atoms with Crippen LogP contribution in [0, 0.1) is 17.1 Å². The van der Waals surface area contributed by atoms with Gasteiger partial charge in [-0.15, -0.1) is 11.3 Å². The molecule has 0 radical (unpaired) electrons. The molecule has 0 aliphatic carbocycles. The van der Waals surface area contributed by atoms with Gasteiger partial charge in [-0.25, -0.2) is 9.37 Å². The van der Waals surface area contributed by atoms with Crippen molar-refractivity contribution >= 4 is 46.2 Å². The van der Waals surface area contributed by atoms with E-state index in [4.69, 9.17) is 23.2 Å². The molecule has 0 saturated heterocycles. The van der Waals surface area contributed by atoms with Gasteiger partial charge in [0.25, 0.3) is 0 Å². The Labute approximate surface area is 152 Å². The maximum Gasteiger partial charge on any atom is 0.134 e. The molecule has 2 nitrogen and oxygen atoms in total. The van der Waals surface area contributed by atoms with Gasteiger partial charge in [0.05, 0.1) is 21.3 Å². The number of benzene rings is 2. The first-order chi connectivity index (χ1) is 11.6. The molecule has 6 heteroatoms. The molecular formula is C18H9Cl2FN2S. The number of hydrogen-bond donors (Lipinski definition) is 0. The first kappa shape index (κ1) is 16.7. The molecule has 1 heterocycles. The van der Waals surface area contributed by atoms with Crippen molar-refractivity contribution < 1.29 is 4.39 Å². The van der Waals surface area contributed by atoms with E-state index in [0.717, 1.165) is 5.56 Å². The number of aromatic nitrogens is 1. The Morgan fingerprint density at radius 2 is 1.92 bits per heavy atom. The van der Waals surface area contributed by atoms with E-state index in [-0.39, 0.29) is 5.82 Å². The molecule has 0 aliphatic rings. The fourth-order valence-corrected chi connectivity index (χ4v) is 3.24. The van der Waals surface area contributed by atoms with Crippen molar-refractivity contribution in [1.82, 2.24) is 4.98 Å². The van der Waals surface area contributed by atoms with Crippen molar-refractivity contribution in [2.24, 2.45) is 0 Å². The monoisotopic (exact) mass is 374 g/mol. The van der Waals surface area contributed by atoms with E-state index in [1.54, 1.807) is 36.4 Å². The molecule has 0 bridgehead atoms. The Bertz CT molecular complexity index is 956. The van der Waals surface area contributed by atoms with Crippen molar-refractivity contribution in [3.8, 4) is 17.3 Å². The van der Waals surface area contributed by atoms with E-state index in [0.29, 0.717) is 31.9 Å². The normalized spacial score (nSPS) is 11.3. The standard InChI is InChI=1S/C18H9Cl2FN2S/c19-15-3-1-2-12(17(15)20)8-13(9-22)18-23-16(10-24-18)11-4-6-14(21)7-5-11/h1-8,10H. The van der Waals surface area contributed by atoms with E-state index < -0.39 is 0 Å². The molecule has 2 aromatic carbocycles. The average Bonchev–Trinajstić information content (AvgIpc) is 3.06. The number of nitrogens with zero attached hydrogens (tertiary/aromatic N) is 2. The zero-order valence-electron chi connectivity index (χ0n) is 12.1. The van der Waals surface area contributed by atoms with Crippen LogP contribution in [0.1, 0.15) is 10.6 Å². The van der Waals surface area contributed by atoms with Crippen LogP contribution < -0.4 is 0 Å². The summed E-state index contributed by atoms with van der Waals surface area (Å²) in [7, 11) is 0. The van der Waals surface area contributed by atoms with E-state index in [9.17, 15) is 9.65 Å². The maximum atomic E-state index is 13.0. The first-order valence-corrected chi connectivity index (χ1v) is 8.49. The zero-order chi connectivity index (χ0) is 17.1. The number of rotatable bonds is 3. The molecule has 0 N–H and O–H groups in total. The molecule has 0 aliphatic heterocycles. The minimum absolute atomic E-state index is 0.303. The minimum atomic E-state index is -0.303. The third-order valence-electron chi connectivity index (χ3n) is 3.28. The van der Waals surface area contributed by atoms with E-state index >= 15 is 0 Å². The number of halogens is 3. The third-order valence-corrected chi connectivity index (χ3v) is 4.99. The second-order valence-corrected chi connectivity index (χ2v) is 6.50. The topological polar surface area (TPSA) is 36.7 Å². The van der Waals surface area contributed by atoms with Crippen molar-refractivity contribution in [2.45, 2.75) is 0 Å². The first-order valence-electron chi connectivity index (χ1n) is 6.86. The van der Waals surface area contributed by atoms with E-state index in [1.165, 1.54) is 23.5 Å². The van der Waals surface area contributed by atoms with Gasteiger partial charge in [0.2, 0.25) is 0 Å². The maximum absolute atomic E-state index is 13.0. The molecule has 1 aromatic heterocycles. The predicted octanol–water partition coefficient (Wildman–Crippen LogP) is 6.32. The molecule has 0 atom stereocenters. The highest BCUT2D eigenvalue weighted by molar-refractivity contribution is 7.11. The molecule has 24 heavy (non-hydrogen) atoms. The predicted molar refractivity (Wildman–Crippen MR) is 97.5 cm³/mol. The lowest BCUT2D eigenvalue weighted by atomic mass is 10.1. The molecule has 3 rings (SSSR count). The van der Waals surface area contributed by atoms with Gasteiger partial charge in [0.1, 0.15) is 16.9 Å². The summed E-state index contributed by atoms with van der Waals surface area (Å²) in [6, 6.07) is 13.4. The average molecular weight is 375 g/mol. The Morgan fingerprint density at radius 3 is 2.62 bits per heavy atom. The van der Waals surface area contributed by atoms with Gasteiger partial charge in [-0.3, -0.25) is 0 Å². The molecule has 0 spiro atoms. The smallest absolute Gasteiger partial charge is 0.134 e. The van der Waals surface area contributed by atoms with Gasteiger partial charge < -0.3 is 0 Å². The summed E-state index contributed by atoms with van der Waals surface area (Å²) in [6.45, 7) is 0. The van der Waals surface area contributed by atoms with E-state index in [2.05, 4.69) is 11.1 Å². The Kier molecular flexibility index (Phi) is 4.96. The van der Waals surface area contributed by atoms with Crippen LogP contribution >= 0.6 is 34.5 Å². The summed E-state index contributed by atoms with van der Waals surface area (Å²) in [5.74, 6) is -0.303. The fourth-order valence-electron chi connectivity index (χ4n) is 2.08. The second-order valence-electron chi connectivity index (χ2n) is 4.86.